The van der Waals surface area contributed by atoms with Crippen LogP contribution in [0.15, 0.2) is 59.0 Å². The Balaban J connectivity index is 1.70. The summed E-state index contributed by atoms with van der Waals surface area (Å²) in [4.78, 5) is 24.4. The summed E-state index contributed by atoms with van der Waals surface area (Å²) in [5, 5.41) is 2.90. The predicted molar refractivity (Wildman–Crippen MR) is 102 cm³/mol. The van der Waals surface area contributed by atoms with E-state index in [1.54, 1.807) is 18.2 Å². The van der Waals surface area contributed by atoms with Crippen LogP contribution in [0, 0.1) is 5.82 Å². The van der Waals surface area contributed by atoms with E-state index in [0.29, 0.717) is 5.76 Å². The van der Waals surface area contributed by atoms with Gasteiger partial charge in [0.1, 0.15) is 11.6 Å². The molecule has 2 heterocycles. The molecule has 0 aliphatic carbocycles. The average Bonchev–Trinajstić information content (AvgIpc) is 3.25. The minimum atomic E-state index is -0.864. The Hall–Kier alpha value is -3.41. The molecule has 0 radical (unpaired) electrons. The van der Waals surface area contributed by atoms with Gasteiger partial charge in [-0.1, -0.05) is 18.2 Å². The number of nitrogens with one attached hydrogen (secondary N) is 1. The Morgan fingerprint density at radius 3 is 2.54 bits per heavy atom. The Morgan fingerprint density at radius 1 is 1.11 bits per heavy atom. The van der Waals surface area contributed by atoms with Gasteiger partial charge in [-0.2, -0.15) is 0 Å². The van der Waals surface area contributed by atoms with Gasteiger partial charge < -0.3 is 14.5 Å². The number of methoxy groups -OCH3 is 1. The second-order valence-corrected chi connectivity index (χ2v) is 6.99. The second-order valence-electron chi connectivity index (χ2n) is 6.99. The summed E-state index contributed by atoms with van der Waals surface area (Å²) in [5.74, 6) is -0.398. The lowest BCUT2D eigenvalue weighted by atomic mass is 9.79. The lowest BCUT2D eigenvalue weighted by molar-refractivity contribution is -0.120. The number of hydrogen-bond donors (Lipinski definition) is 1. The van der Waals surface area contributed by atoms with E-state index in [-0.39, 0.29) is 23.9 Å². The number of fused-ring (bicyclic) bond motifs is 1. The predicted octanol–water partition coefficient (Wildman–Crippen LogP) is 4.32. The van der Waals surface area contributed by atoms with Crippen molar-refractivity contribution in [2.75, 3.05) is 12.4 Å². The zero-order chi connectivity index (χ0) is 19.9. The van der Waals surface area contributed by atoms with Crippen LogP contribution in [0.5, 0.6) is 0 Å². The summed E-state index contributed by atoms with van der Waals surface area (Å²) in [7, 11) is 1.28. The Morgan fingerprint density at radius 2 is 1.82 bits per heavy atom. The number of ether oxygens (including phenoxy) is 1. The van der Waals surface area contributed by atoms with Crippen LogP contribution in [-0.2, 0) is 21.4 Å². The first-order chi connectivity index (χ1) is 13.4. The molecule has 6 heteroatoms. The normalized spacial score (nSPS) is 17.9. The number of carbonyl (C=O) groups is 2. The molecule has 1 unspecified atom stereocenters. The molecule has 2 aromatic carbocycles. The van der Waals surface area contributed by atoms with Gasteiger partial charge >= 0.3 is 5.97 Å². The summed E-state index contributed by atoms with van der Waals surface area (Å²) in [6.45, 7) is 1.84. The van der Waals surface area contributed by atoms with Crippen molar-refractivity contribution in [3.05, 3.63) is 77.5 Å². The minimum Gasteiger partial charge on any atom is -0.463 e. The topological polar surface area (TPSA) is 68.5 Å². The van der Waals surface area contributed by atoms with Gasteiger partial charge in [-0.15, -0.1) is 0 Å². The van der Waals surface area contributed by atoms with Crippen molar-refractivity contribution in [1.82, 2.24) is 0 Å². The van der Waals surface area contributed by atoms with Crippen LogP contribution >= 0.6 is 0 Å². The molecule has 28 heavy (non-hydrogen) atoms. The van der Waals surface area contributed by atoms with Gasteiger partial charge in [0.2, 0.25) is 11.7 Å². The molecule has 1 amide bonds. The molecule has 0 saturated carbocycles. The number of anilines is 1. The quantitative estimate of drug-likeness (QED) is 0.686. The molecular weight excluding hydrogens is 361 g/mol. The molecule has 1 atom stereocenters. The van der Waals surface area contributed by atoms with E-state index >= 15 is 0 Å². The second kappa shape index (κ2) is 6.64. The van der Waals surface area contributed by atoms with Crippen molar-refractivity contribution in [3.8, 4) is 11.1 Å². The molecule has 1 N–H and O–H groups in total. The zero-order valence-corrected chi connectivity index (χ0v) is 15.4. The van der Waals surface area contributed by atoms with Gasteiger partial charge in [-0.25, -0.2) is 9.18 Å². The maximum atomic E-state index is 13.2. The molecule has 0 spiro atoms. The third-order valence-corrected chi connectivity index (χ3v) is 5.12. The molecule has 5 nitrogen and oxygen atoms in total. The van der Waals surface area contributed by atoms with E-state index in [2.05, 4.69) is 10.1 Å². The van der Waals surface area contributed by atoms with Crippen molar-refractivity contribution in [3.63, 3.8) is 0 Å². The number of rotatable bonds is 4. The first-order valence-corrected chi connectivity index (χ1v) is 8.80. The van der Waals surface area contributed by atoms with E-state index in [1.165, 1.54) is 25.3 Å². The fourth-order valence-corrected chi connectivity index (χ4v) is 3.52. The Kier molecular flexibility index (Phi) is 4.26. The van der Waals surface area contributed by atoms with Crippen LogP contribution in [0.25, 0.3) is 11.1 Å². The summed E-state index contributed by atoms with van der Waals surface area (Å²) in [5.41, 5.74) is 2.44. The monoisotopic (exact) mass is 379 g/mol. The average molecular weight is 379 g/mol. The van der Waals surface area contributed by atoms with E-state index in [9.17, 15) is 14.0 Å². The van der Waals surface area contributed by atoms with Gasteiger partial charge in [-0.05, 0) is 60.0 Å². The van der Waals surface area contributed by atoms with Gasteiger partial charge in [-0.3, -0.25) is 4.79 Å². The first kappa shape index (κ1) is 18.0. The van der Waals surface area contributed by atoms with Crippen LogP contribution < -0.4 is 5.32 Å². The Bertz CT molecular complexity index is 1070. The van der Waals surface area contributed by atoms with Crippen molar-refractivity contribution in [2.45, 2.75) is 18.8 Å². The molecule has 0 saturated heterocycles. The summed E-state index contributed by atoms with van der Waals surface area (Å²) in [6.07, 6.45) is 0.287. The smallest absolute Gasteiger partial charge is 0.373 e. The molecule has 142 valence electrons. The van der Waals surface area contributed by atoms with E-state index in [1.807, 2.05) is 25.1 Å². The fourth-order valence-electron chi connectivity index (χ4n) is 3.52. The van der Waals surface area contributed by atoms with E-state index in [4.69, 9.17) is 4.42 Å². The zero-order valence-electron chi connectivity index (χ0n) is 15.4. The van der Waals surface area contributed by atoms with Crippen molar-refractivity contribution in [1.29, 1.82) is 0 Å². The largest absolute Gasteiger partial charge is 0.463 e. The van der Waals surface area contributed by atoms with Crippen LogP contribution in [-0.4, -0.2) is 19.0 Å². The summed E-state index contributed by atoms with van der Waals surface area (Å²) < 4.78 is 23.4. The molecule has 1 aliphatic rings. The van der Waals surface area contributed by atoms with Crippen molar-refractivity contribution >= 4 is 17.6 Å². The standard InChI is InChI=1S/C22H18FNO4/c1-22(12-16-8-10-19(28-16)20(25)27-2)17-11-14(5-9-18(17)24-21(22)26)13-3-6-15(23)7-4-13/h3-11H,12H2,1-2H3,(H,24,26). The number of furan rings is 1. The molecule has 0 fully saturated rings. The van der Waals surface area contributed by atoms with Crippen LogP contribution in [0.3, 0.4) is 0 Å². The highest BCUT2D eigenvalue weighted by Gasteiger charge is 2.43. The minimum absolute atomic E-state index is 0.0970. The Labute approximate surface area is 161 Å². The SMILES string of the molecule is COC(=O)c1ccc(CC2(C)C(=O)Nc3ccc(-c4ccc(F)cc4)cc32)o1. The number of hydrogen-bond acceptors (Lipinski definition) is 4. The van der Waals surface area contributed by atoms with Gasteiger partial charge in [0.25, 0.3) is 0 Å². The molecule has 0 bridgehead atoms. The van der Waals surface area contributed by atoms with E-state index < -0.39 is 11.4 Å². The van der Waals surface area contributed by atoms with Crippen LogP contribution in [0.2, 0.25) is 0 Å². The van der Waals surface area contributed by atoms with Crippen molar-refractivity contribution in [2.24, 2.45) is 0 Å². The van der Waals surface area contributed by atoms with Gasteiger partial charge in [0, 0.05) is 12.1 Å². The number of carbonyl (C=O) groups excluding carboxylic acids is 2. The summed E-state index contributed by atoms with van der Waals surface area (Å²) >= 11 is 0. The number of esters is 1. The molecule has 3 aromatic rings. The van der Waals surface area contributed by atoms with Gasteiger partial charge in [0.15, 0.2) is 0 Å². The first-order valence-electron chi connectivity index (χ1n) is 8.80. The maximum Gasteiger partial charge on any atom is 0.373 e. The summed E-state index contributed by atoms with van der Waals surface area (Å²) in [6, 6.07) is 15.1. The molecule has 4 rings (SSSR count). The molecular formula is C22H18FNO4. The van der Waals surface area contributed by atoms with Crippen molar-refractivity contribution < 1.29 is 23.1 Å². The highest BCUT2D eigenvalue weighted by atomic mass is 19.1. The third-order valence-electron chi connectivity index (χ3n) is 5.12. The maximum absolute atomic E-state index is 13.2. The van der Waals surface area contributed by atoms with Crippen LogP contribution in [0.1, 0.15) is 28.8 Å². The molecule has 1 aliphatic heterocycles. The third kappa shape index (κ3) is 2.97. The lowest BCUT2D eigenvalue weighted by Crippen LogP contribution is -2.33. The van der Waals surface area contributed by atoms with E-state index in [0.717, 1.165) is 22.4 Å². The van der Waals surface area contributed by atoms with Crippen LogP contribution in [0.4, 0.5) is 10.1 Å². The van der Waals surface area contributed by atoms with Gasteiger partial charge in [0.05, 0.1) is 12.5 Å². The lowest BCUT2D eigenvalue weighted by Gasteiger charge is -2.21. The number of amides is 1. The number of benzene rings is 2. The number of halogens is 1. The highest BCUT2D eigenvalue weighted by molar-refractivity contribution is 6.06. The fraction of sp³-hybridized carbons (Fsp3) is 0.182. The highest BCUT2D eigenvalue weighted by Crippen LogP contribution is 2.42. The molecule has 1 aromatic heterocycles.